The van der Waals surface area contributed by atoms with E-state index in [1.165, 1.54) is 0 Å². The minimum Gasteiger partial charge on any atom is -0.379 e. The zero-order chi connectivity index (χ0) is 21.3. The van der Waals surface area contributed by atoms with Crippen molar-refractivity contribution in [1.82, 2.24) is 9.97 Å². The van der Waals surface area contributed by atoms with Crippen LogP contribution in [0.1, 0.15) is 25.1 Å². The lowest BCUT2D eigenvalue weighted by Gasteiger charge is -2.22. The summed E-state index contributed by atoms with van der Waals surface area (Å²) in [6.45, 7) is 3.08. The first kappa shape index (κ1) is 20.7. The Morgan fingerprint density at radius 1 is 1.23 bits per heavy atom. The standard InChI is InChI=1S/C21H20Cl2N4O3/c1-12(20-25-16-4-2-13(22)10-17(16)26-20)21(29)24-14-3-5-18(15(23)11-14)27-7-9-30-8-6-19(27)28/h2-5,10-12H,6-9H2,1H3,(H,24,29)(H,25,26). The predicted octanol–water partition coefficient (Wildman–Crippen LogP) is 4.37. The molecule has 1 fully saturated rings. The topological polar surface area (TPSA) is 87.3 Å². The zero-order valence-corrected chi connectivity index (χ0v) is 17.8. The van der Waals surface area contributed by atoms with Gasteiger partial charge in [0, 0.05) is 17.3 Å². The van der Waals surface area contributed by atoms with Crippen molar-refractivity contribution in [3.63, 3.8) is 0 Å². The number of H-pyrrole nitrogens is 1. The highest BCUT2D eigenvalue weighted by Gasteiger charge is 2.22. The van der Waals surface area contributed by atoms with Crippen molar-refractivity contribution < 1.29 is 14.3 Å². The molecule has 2 aromatic carbocycles. The smallest absolute Gasteiger partial charge is 0.234 e. The molecular weight excluding hydrogens is 427 g/mol. The van der Waals surface area contributed by atoms with E-state index < -0.39 is 5.92 Å². The van der Waals surface area contributed by atoms with Gasteiger partial charge < -0.3 is 19.9 Å². The molecule has 9 heteroatoms. The molecule has 7 nitrogen and oxygen atoms in total. The van der Waals surface area contributed by atoms with E-state index in [4.69, 9.17) is 27.9 Å². The van der Waals surface area contributed by atoms with Crippen molar-refractivity contribution in [1.29, 1.82) is 0 Å². The second-order valence-electron chi connectivity index (χ2n) is 7.07. The molecule has 3 aromatic rings. The Kier molecular flexibility index (Phi) is 5.94. The molecule has 1 aliphatic heterocycles. The summed E-state index contributed by atoms with van der Waals surface area (Å²) >= 11 is 12.4. The second-order valence-corrected chi connectivity index (χ2v) is 7.91. The maximum absolute atomic E-state index is 12.7. The molecule has 2 N–H and O–H groups in total. The van der Waals surface area contributed by atoms with E-state index in [9.17, 15) is 9.59 Å². The molecule has 0 aliphatic carbocycles. The monoisotopic (exact) mass is 446 g/mol. The summed E-state index contributed by atoms with van der Waals surface area (Å²) in [6.07, 6.45) is 0.315. The Balaban J connectivity index is 1.49. The molecule has 156 valence electrons. The Morgan fingerprint density at radius 2 is 2.07 bits per heavy atom. The van der Waals surface area contributed by atoms with Gasteiger partial charge in [0.15, 0.2) is 0 Å². The minimum atomic E-state index is -0.515. The van der Waals surface area contributed by atoms with Crippen molar-refractivity contribution in [3.05, 3.63) is 52.3 Å². The van der Waals surface area contributed by atoms with Crippen LogP contribution in [0.3, 0.4) is 0 Å². The molecule has 4 rings (SSSR count). The Bertz CT molecular complexity index is 1110. The van der Waals surface area contributed by atoms with E-state index in [-0.39, 0.29) is 11.8 Å². The van der Waals surface area contributed by atoms with Gasteiger partial charge in [0.25, 0.3) is 0 Å². The predicted molar refractivity (Wildman–Crippen MR) is 117 cm³/mol. The van der Waals surface area contributed by atoms with Gasteiger partial charge in [-0.05, 0) is 43.3 Å². The molecule has 0 bridgehead atoms. The fourth-order valence-electron chi connectivity index (χ4n) is 3.32. The van der Waals surface area contributed by atoms with Crippen LogP contribution in [0, 0.1) is 0 Å². The summed E-state index contributed by atoms with van der Waals surface area (Å²) in [5.74, 6) is -0.241. The van der Waals surface area contributed by atoms with Crippen LogP contribution >= 0.6 is 23.2 Å². The van der Waals surface area contributed by atoms with Crippen molar-refractivity contribution >= 4 is 57.4 Å². The quantitative estimate of drug-likeness (QED) is 0.622. The van der Waals surface area contributed by atoms with Crippen LogP contribution < -0.4 is 10.2 Å². The first-order valence-electron chi connectivity index (χ1n) is 9.56. The summed E-state index contributed by atoms with van der Waals surface area (Å²) in [5, 5.41) is 3.83. The van der Waals surface area contributed by atoms with Gasteiger partial charge in [0.1, 0.15) is 5.82 Å². The van der Waals surface area contributed by atoms with E-state index in [2.05, 4.69) is 15.3 Å². The van der Waals surface area contributed by atoms with Gasteiger partial charge in [-0.25, -0.2) is 4.98 Å². The Labute approximate surface area is 183 Å². The number of benzene rings is 2. The number of nitrogens with zero attached hydrogens (tertiary/aromatic N) is 2. The highest BCUT2D eigenvalue weighted by atomic mass is 35.5. The number of aromatic nitrogens is 2. The normalized spacial score (nSPS) is 15.8. The number of amides is 2. The number of hydrogen-bond donors (Lipinski definition) is 2. The van der Waals surface area contributed by atoms with E-state index in [0.29, 0.717) is 53.4 Å². The maximum atomic E-state index is 12.7. The summed E-state index contributed by atoms with van der Waals surface area (Å²) in [7, 11) is 0. The van der Waals surface area contributed by atoms with E-state index >= 15 is 0 Å². The number of aromatic amines is 1. The van der Waals surface area contributed by atoms with Gasteiger partial charge in [-0.15, -0.1) is 0 Å². The van der Waals surface area contributed by atoms with E-state index in [1.807, 2.05) is 0 Å². The van der Waals surface area contributed by atoms with E-state index in [0.717, 1.165) is 11.0 Å². The average Bonchev–Trinajstić information content (AvgIpc) is 3.02. The maximum Gasteiger partial charge on any atom is 0.234 e. The minimum absolute atomic E-state index is 0.0372. The number of halogens is 2. The largest absolute Gasteiger partial charge is 0.379 e. The van der Waals surface area contributed by atoms with Crippen LogP contribution in [-0.4, -0.2) is 41.5 Å². The summed E-state index contributed by atoms with van der Waals surface area (Å²) in [4.78, 5) is 34.2. The lowest BCUT2D eigenvalue weighted by molar-refractivity contribution is -0.119. The fraction of sp³-hybridized carbons (Fsp3) is 0.286. The Morgan fingerprint density at radius 3 is 2.87 bits per heavy atom. The molecule has 0 radical (unpaired) electrons. The molecule has 1 aliphatic rings. The fourth-order valence-corrected chi connectivity index (χ4v) is 3.77. The number of rotatable bonds is 4. The molecule has 1 atom stereocenters. The van der Waals surface area contributed by atoms with Gasteiger partial charge in [-0.2, -0.15) is 0 Å². The van der Waals surface area contributed by atoms with Crippen molar-refractivity contribution in [3.8, 4) is 0 Å². The second kappa shape index (κ2) is 8.63. The summed E-state index contributed by atoms with van der Waals surface area (Å²) < 4.78 is 5.35. The van der Waals surface area contributed by atoms with Crippen molar-refractivity contribution in [2.75, 3.05) is 30.0 Å². The van der Waals surface area contributed by atoms with Gasteiger partial charge in [0.05, 0.1) is 47.3 Å². The molecule has 1 aromatic heterocycles. The highest BCUT2D eigenvalue weighted by Crippen LogP contribution is 2.30. The molecule has 0 saturated carbocycles. The molecule has 30 heavy (non-hydrogen) atoms. The number of carbonyl (C=O) groups is 2. The van der Waals surface area contributed by atoms with Crippen LogP contribution in [0.2, 0.25) is 10.0 Å². The Hall–Kier alpha value is -2.61. The SMILES string of the molecule is CC(C(=O)Nc1ccc(N2CCOCCC2=O)c(Cl)c1)c1nc2ccc(Cl)cc2[nH]1. The molecule has 2 heterocycles. The number of nitrogens with one attached hydrogen (secondary N) is 2. The van der Waals surface area contributed by atoms with Gasteiger partial charge >= 0.3 is 0 Å². The first-order valence-corrected chi connectivity index (χ1v) is 10.3. The number of anilines is 2. The van der Waals surface area contributed by atoms with Crippen molar-refractivity contribution in [2.45, 2.75) is 19.3 Å². The highest BCUT2D eigenvalue weighted by molar-refractivity contribution is 6.34. The van der Waals surface area contributed by atoms with Crippen LogP contribution in [0.15, 0.2) is 36.4 Å². The number of ether oxygens (including phenoxy) is 1. The van der Waals surface area contributed by atoms with Gasteiger partial charge in [-0.1, -0.05) is 23.2 Å². The summed E-state index contributed by atoms with van der Waals surface area (Å²) in [5.41, 5.74) is 2.66. The third-order valence-corrected chi connectivity index (χ3v) is 5.53. The third kappa shape index (κ3) is 4.28. The number of carbonyl (C=O) groups excluding carboxylic acids is 2. The third-order valence-electron chi connectivity index (χ3n) is 4.99. The lowest BCUT2D eigenvalue weighted by atomic mass is 10.1. The van der Waals surface area contributed by atoms with Crippen LogP contribution in [0.5, 0.6) is 0 Å². The molecule has 0 spiro atoms. The van der Waals surface area contributed by atoms with Crippen molar-refractivity contribution in [2.24, 2.45) is 0 Å². The summed E-state index contributed by atoms with van der Waals surface area (Å²) in [6, 6.07) is 10.4. The van der Waals surface area contributed by atoms with Crippen LogP contribution in [0.4, 0.5) is 11.4 Å². The molecular formula is C21H20Cl2N4O3. The van der Waals surface area contributed by atoms with Gasteiger partial charge in [-0.3, -0.25) is 9.59 Å². The van der Waals surface area contributed by atoms with E-state index in [1.54, 1.807) is 48.2 Å². The average molecular weight is 447 g/mol. The number of imidazole rings is 1. The lowest BCUT2D eigenvalue weighted by Crippen LogP contribution is -2.31. The van der Waals surface area contributed by atoms with Crippen LogP contribution in [-0.2, 0) is 14.3 Å². The van der Waals surface area contributed by atoms with Crippen LogP contribution in [0.25, 0.3) is 11.0 Å². The first-order chi connectivity index (χ1) is 14.4. The molecule has 2 amide bonds. The molecule has 1 unspecified atom stereocenters. The van der Waals surface area contributed by atoms with Gasteiger partial charge in [0.2, 0.25) is 11.8 Å². The number of hydrogen-bond acceptors (Lipinski definition) is 4. The molecule has 1 saturated heterocycles. The zero-order valence-electron chi connectivity index (χ0n) is 16.2. The number of fused-ring (bicyclic) bond motifs is 1.